The molecule has 3 aromatic rings. The Kier molecular flexibility index (Phi) is 6.87. The van der Waals surface area contributed by atoms with E-state index in [1.807, 2.05) is 30.3 Å². The summed E-state index contributed by atoms with van der Waals surface area (Å²) in [7, 11) is 6.16. The number of carbonyl (C=O) groups excluding carboxylic acids is 1. The summed E-state index contributed by atoms with van der Waals surface area (Å²) in [6.45, 7) is 0. The van der Waals surface area contributed by atoms with Crippen LogP contribution in [0.1, 0.15) is 42.5 Å². The van der Waals surface area contributed by atoms with E-state index < -0.39 is 0 Å². The molecule has 0 amide bonds. The van der Waals surface area contributed by atoms with E-state index in [1.54, 1.807) is 27.4 Å². The molecule has 0 aliphatic heterocycles. The lowest BCUT2D eigenvalue weighted by molar-refractivity contribution is 0.0601. The minimum Gasteiger partial charge on any atom is -0.493 e. The summed E-state index contributed by atoms with van der Waals surface area (Å²) in [5.74, 6) is 1.30. The molecule has 174 valence electrons. The number of nitrogens with one attached hydrogen (secondary N) is 1. The van der Waals surface area contributed by atoms with E-state index in [-0.39, 0.29) is 5.97 Å². The van der Waals surface area contributed by atoms with Gasteiger partial charge in [-0.3, -0.25) is 0 Å². The Hall–Kier alpha value is -3.48. The van der Waals surface area contributed by atoms with Crippen molar-refractivity contribution in [3.05, 3.63) is 42.0 Å². The highest BCUT2D eigenvalue weighted by molar-refractivity contribution is 6.00. The van der Waals surface area contributed by atoms with E-state index in [0.29, 0.717) is 28.9 Å². The third kappa shape index (κ3) is 4.67. The minimum absolute atomic E-state index is 0.366. The third-order valence-corrected chi connectivity index (χ3v) is 6.16. The Balaban J connectivity index is 1.86. The number of benzene rings is 2. The molecule has 1 aliphatic carbocycles. The molecular formula is C26H30N2O5. The maximum absolute atomic E-state index is 12.1. The Morgan fingerprint density at radius 1 is 0.909 bits per heavy atom. The molecular weight excluding hydrogens is 420 g/mol. The van der Waals surface area contributed by atoms with Crippen LogP contribution in [0.4, 0.5) is 5.69 Å². The van der Waals surface area contributed by atoms with Crippen molar-refractivity contribution in [3.63, 3.8) is 0 Å². The molecule has 2 aromatic carbocycles. The Morgan fingerprint density at radius 3 is 2.21 bits per heavy atom. The first-order valence-electron chi connectivity index (χ1n) is 11.2. The molecule has 1 aliphatic rings. The maximum Gasteiger partial charge on any atom is 0.337 e. The molecule has 1 aromatic heterocycles. The first-order chi connectivity index (χ1) is 16.1. The van der Waals surface area contributed by atoms with Gasteiger partial charge in [0, 0.05) is 22.7 Å². The fourth-order valence-electron chi connectivity index (χ4n) is 4.43. The van der Waals surface area contributed by atoms with Crippen LogP contribution in [-0.2, 0) is 4.74 Å². The maximum atomic E-state index is 12.1. The van der Waals surface area contributed by atoms with Crippen LogP contribution in [0.25, 0.3) is 22.2 Å². The molecule has 33 heavy (non-hydrogen) atoms. The number of ether oxygens (including phenoxy) is 4. The van der Waals surface area contributed by atoms with Crippen molar-refractivity contribution < 1.29 is 23.7 Å². The molecule has 1 N–H and O–H groups in total. The van der Waals surface area contributed by atoms with Crippen molar-refractivity contribution >= 4 is 22.6 Å². The van der Waals surface area contributed by atoms with E-state index in [9.17, 15) is 4.79 Å². The molecule has 1 heterocycles. The van der Waals surface area contributed by atoms with Crippen LogP contribution in [0.5, 0.6) is 17.2 Å². The summed E-state index contributed by atoms with van der Waals surface area (Å²) in [5, 5.41) is 4.61. The van der Waals surface area contributed by atoms with Gasteiger partial charge in [0.2, 0.25) is 5.75 Å². The molecule has 0 atom stereocenters. The zero-order valence-corrected chi connectivity index (χ0v) is 19.6. The van der Waals surface area contributed by atoms with Crippen LogP contribution in [0.2, 0.25) is 0 Å². The lowest BCUT2D eigenvalue weighted by Gasteiger charge is -2.25. The van der Waals surface area contributed by atoms with E-state index in [1.165, 1.54) is 26.4 Å². The largest absolute Gasteiger partial charge is 0.493 e. The topological polar surface area (TPSA) is 78.9 Å². The number of esters is 1. The number of hydrogen-bond acceptors (Lipinski definition) is 7. The first-order valence-corrected chi connectivity index (χ1v) is 11.2. The summed E-state index contributed by atoms with van der Waals surface area (Å²) < 4.78 is 21.5. The first kappa shape index (κ1) is 22.7. The van der Waals surface area contributed by atoms with E-state index in [2.05, 4.69) is 5.32 Å². The summed E-state index contributed by atoms with van der Waals surface area (Å²) in [6, 6.07) is 11.6. The second-order valence-electron chi connectivity index (χ2n) is 8.17. The van der Waals surface area contributed by atoms with Crippen LogP contribution in [0.3, 0.4) is 0 Å². The highest BCUT2D eigenvalue weighted by atomic mass is 16.5. The highest BCUT2D eigenvalue weighted by Gasteiger charge is 2.19. The number of hydrogen-bond donors (Lipinski definition) is 1. The average Bonchev–Trinajstić information content (AvgIpc) is 2.87. The Labute approximate surface area is 194 Å². The van der Waals surface area contributed by atoms with Crippen molar-refractivity contribution in [2.75, 3.05) is 33.8 Å². The second kappa shape index (κ2) is 9.98. The lowest BCUT2D eigenvalue weighted by atomic mass is 9.95. The lowest BCUT2D eigenvalue weighted by Crippen LogP contribution is -2.22. The van der Waals surface area contributed by atoms with E-state index >= 15 is 0 Å². The van der Waals surface area contributed by atoms with Gasteiger partial charge in [-0.25, -0.2) is 9.78 Å². The van der Waals surface area contributed by atoms with Crippen molar-refractivity contribution in [2.24, 2.45) is 0 Å². The average molecular weight is 451 g/mol. The van der Waals surface area contributed by atoms with Gasteiger partial charge in [-0.2, -0.15) is 0 Å². The van der Waals surface area contributed by atoms with Gasteiger partial charge in [0.1, 0.15) is 0 Å². The van der Waals surface area contributed by atoms with Crippen molar-refractivity contribution in [3.8, 4) is 28.5 Å². The Bertz CT molecular complexity index is 1130. The highest BCUT2D eigenvalue weighted by Crippen LogP contribution is 2.42. The van der Waals surface area contributed by atoms with Gasteiger partial charge in [-0.05, 0) is 49.2 Å². The van der Waals surface area contributed by atoms with Gasteiger partial charge >= 0.3 is 5.97 Å². The summed E-state index contributed by atoms with van der Waals surface area (Å²) in [5.41, 5.74) is 3.84. The second-order valence-corrected chi connectivity index (χ2v) is 8.17. The predicted octanol–water partition coefficient (Wildman–Crippen LogP) is 5.46. The minimum atomic E-state index is -0.366. The molecule has 0 spiro atoms. The van der Waals surface area contributed by atoms with Crippen LogP contribution < -0.4 is 19.5 Å². The fourth-order valence-corrected chi connectivity index (χ4v) is 4.43. The predicted molar refractivity (Wildman–Crippen MR) is 129 cm³/mol. The van der Waals surface area contributed by atoms with Crippen LogP contribution in [0, 0.1) is 0 Å². The number of pyridine rings is 1. The standard InChI is InChI=1S/C26H30N2O5/c1-30-23-13-17(14-24(31-2)25(23)32-3)21-15-22(27-18-8-6-5-7-9-18)19-12-16(26(29)33-4)10-11-20(19)28-21/h10-15,18H,5-9H2,1-4H3,(H,27,28). The van der Waals surface area contributed by atoms with Gasteiger partial charge in [-0.1, -0.05) is 19.3 Å². The number of fused-ring (bicyclic) bond motifs is 1. The zero-order chi connectivity index (χ0) is 23.4. The molecule has 0 saturated heterocycles. The number of aromatic nitrogens is 1. The summed E-state index contributed by atoms with van der Waals surface area (Å²) in [6.07, 6.45) is 5.96. The van der Waals surface area contributed by atoms with Gasteiger partial charge in [0.15, 0.2) is 11.5 Å². The SMILES string of the molecule is COC(=O)c1ccc2nc(-c3cc(OC)c(OC)c(OC)c3)cc(NC3CCCCC3)c2c1. The summed E-state index contributed by atoms with van der Waals surface area (Å²) >= 11 is 0. The number of anilines is 1. The quantitative estimate of drug-likeness (QED) is 0.479. The number of methoxy groups -OCH3 is 4. The molecule has 0 bridgehead atoms. The van der Waals surface area contributed by atoms with Gasteiger partial charge < -0.3 is 24.3 Å². The van der Waals surface area contributed by atoms with Gasteiger partial charge in [-0.15, -0.1) is 0 Å². The molecule has 4 rings (SSSR count). The smallest absolute Gasteiger partial charge is 0.337 e. The van der Waals surface area contributed by atoms with Gasteiger partial charge in [0.25, 0.3) is 0 Å². The number of rotatable bonds is 7. The third-order valence-electron chi connectivity index (χ3n) is 6.16. The molecule has 1 fully saturated rings. The normalized spacial score (nSPS) is 14.1. The molecule has 0 unspecified atom stereocenters. The zero-order valence-electron chi connectivity index (χ0n) is 19.6. The van der Waals surface area contributed by atoms with Gasteiger partial charge in [0.05, 0.1) is 45.2 Å². The van der Waals surface area contributed by atoms with Crippen molar-refractivity contribution in [2.45, 2.75) is 38.1 Å². The number of nitrogens with zero attached hydrogens (tertiary/aromatic N) is 1. The van der Waals surface area contributed by atoms with E-state index in [0.717, 1.165) is 40.7 Å². The van der Waals surface area contributed by atoms with Crippen LogP contribution in [0.15, 0.2) is 36.4 Å². The van der Waals surface area contributed by atoms with Crippen molar-refractivity contribution in [1.29, 1.82) is 0 Å². The number of carbonyl (C=O) groups is 1. The molecule has 0 radical (unpaired) electrons. The molecule has 7 nitrogen and oxygen atoms in total. The fraction of sp³-hybridized carbons (Fsp3) is 0.385. The molecule has 1 saturated carbocycles. The van der Waals surface area contributed by atoms with Crippen LogP contribution in [-0.4, -0.2) is 45.4 Å². The Morgan fingerprint density at radius 2 is 1.61 bits per heavy atom. The van der Waals surface area contributed by atoms with Crippen LogP contribution >= 0.6 is 0 Å². The summed E-state index contributed by atoms with van der Waals surface area (Å²) in [4.78, 5) is 17.0. The van der Waals surface area contributed by atoms with E-state index in [4.69, 9.17) is 23.9 Å². The van der Waals surface area contributed by atoms with Crippen molar-refractivity contribution in [1.82, 2.24) is 4.98 Å². The molecule has 7 heteroatoms. The monoisotopic (exact) mass is 450 g/mol.